The van der Waals surface area contributed by atoms with Gasteiger partial charge in [-0.25, -0.2) is 0 Å². The second kappa shape index (κ2) is 7.92. The lowest BCUT2D eigenvalue weighted by Gasteiger charge is -2.17. The maximum atomic E-state index is 13.4. The van der Waals surface area contributed by atoms with E-state index in [2.05, 4.69) is 5.32 Å². The summed E-state index contributed by atoms with van der Waals surface area (Å²) in [4.78, 5) is 0. The van der Waals surface area contributed by atoms with Crippen molar-refractivity contribution in [3.05, 3.63) is 83.3 Å². The third-order valence-electron chi connectivity index (χ3n) is 3.73. The van der Waals surface area contributed by atoms with Gasteiger partial charge in [0.1, 0.15) is 0 Å². The van der Waals surface area contributed by atoms with Gasteiger partial charge in [-0.3, -0.25) is 0 Å². The molecule has 0 heterocycles. The van der Waals surface area contributed by atoms with Gasteiger partial charge in [0.05, 0.1) is 12.4 Å². The van der Waals surface area contributed by atoms with Gasteiger partial charge < -0.3 is 5.32 Å². The van der Waals surface area contributed by atoms with Crippen molar-refractivity contribution in [2.45, 2.75) is 31.9 Å². The van der Waals surface area contributed by atoms with Crippen LogP contribution in [0.5, 0.6) is 0 Å². The van der Waals surface area contributed by atoms with E-state index in [-0.39, 0.29) is 5.56 Å². The molecule has 3 aromatic rings. The van der Waals surface area contributed by atoms with Crippen molar-refractivity contribution in [2.24, 2.45) is 0 Å². The van der Waals surface area contributed by atoms with Crippen LogP contribution in [0.2, 0.25) is 0 Å². The zero-order valence-corrected chi connectivity index (χ0v) is 13.6. The molecule has 0 spiro atoms. The Kier molecular flexibility index (Phi) is 2.91. The molecule has 1 atom stereocenters. The zero-order valence-electron chi connectivity index (χ0n) is 23.6. The van der Waals surface area contributed by atoms with Crippen molar-refractivity contribution in [2.75, 3.05) is 6.50 Å². The molecule has 4 heteroatoms. The zero-order chi connectivity index (χ0) is 27.3. The Morgan fingerprint density at radius 2 is 2.00 bits per heavy atom. The third kappa shape index (κ3) is 4.44. The van der Waals surface area contributed by atoms with Crippen LogP contribution in [0, 0.1) is 0 Å². The van der Waals surface area contributed by atoms with Crippen LogP contribution in [0.3, 0.4) is 0 Å². The molecular weight excluding hydrogens is 335 g/mol. The SMILES string of the molecule is [2H]c1c([2H])c(CCC([2H])([2H])N[C@@]([2H])(c2cccc3ccccc23)C([2H])([2H])[2H])c([2H])c(C(F)(F)F)c1[2H]. The molecule has 0 aromatic heterocycles. The Bertz CT molecular complexity index is 1280. The smallest absolute Gasteiger partial charge is 0.310 e. The summed E-state index contributed by atoms with van der Waals surface area (Å²) in [6, 6.07) is 4.22. The van der Waals surface area contributed by atoms with Crippen molar-refractivity contribution in [3.63, 3.8) is 0 Å². The molecule has 0 saturated heterocycles. The fraction of sp³-hybridized carbons (Fsp3) is 0.273. The second-order valence-electron chi connectivity index (χ2n) is 5.55. The number of benzene rings is 3. The highest BCUT2D eigenvalue weighted by Crippen LogP contribution is 2.29. The molecule has 0 unspecified atom stereocenters. The average Bonchev–Trinajstić information content (AvgIpc) is 2.75. The van der Waals surface area contributed by atoms with E-state index in [1.54, 1.807) is 30.3 Å². The Labute approximate surface area is 165 Å². The third-order valence-corrected chi connectivity index (χ3v) is 3.73. The van der Waals surface area contributed by atoms with E-state index in [0.29, 0.717) is 10.8 Å². The Morgan fingerprint density at radius 3 is 2.81 bits per heavy atom. The van der Waals surface area contributed by atoms with Gasteiger partial charge in [-0.05, 0) is 54.1 Å². The van der Waals surface area contributed by atoms with E-state index in [1.807, 2.05) is 0 Å². The lowest BCUT2D eigenvalue weighted by Crippen LogP contribution is -2.20. The van der Waals surface area contributed by atoms with E-state index in [4.69, 9.17) is 13.7 Å². The first kappa shape index (κ1) is 9.56. The minimum atomic E-state index is -5.13. The molecule has 0 aliphatic rings. The van der Waals surface area contributed by atoms with Crippen LogP contribution < -0.4 is 5.32 Å². The predicted molar refractivity (Wildman–Crippen MR) is 100 cm³/mol. The van der Waals surface area contributed by atoms with Crippen molar-refractivity contribution in [1.29, 1.82) is 0 Å². The highest BCUT2D eigenvalue weighted by atomic mass is 19.4. The van der Waals surface area contributed by atoms with Crippen LogP contribution in [-0.2, 0) is 12.6 Å². The lowest BCUT2D eigenvalue weighted by atomic mass is 9.99. The average molecular weight is 367 g/mol. The van der Waals surface area contributed by atoms with Crippen LogP contribution >= 0.6 is 0 Å². The van der Waals surface area contributed by atoms with Crippen molar-refractivity contribution < 1.29 is 26.9 Å². The summed E-state index contributed by atoms with van der Waals surface area (Å²) in [6.07, 6.45) is -6.48. The van der Waals surface area contributed by atoms with Gasteiger partial charge in [-0.15, -0.1) is 0 Å². The van der Waals surface area contributed by atoms with Crippen molar-refractivity contribution in [3.8, 4) is 0 Å². The van der Waals surface area contributed by atoms with E-state index < -0.39 is 73.7 Å². The predicted octanol–water partition coefficient (Wildman–Crippen LogP) is 6.14. The second-order valence-corrected chi connectivity index (χ2v) is 5.55. The highest BCUT2D eigenvalue weighted by Gasteiger charge is 2.30. The summed E-state index contributed by atoms with van der Waals surface area (Å²) in [5, 5.41) is 3.23. The van der Waals surface area contributed by atoms with Gasteiger partial charge in [0.2, 0.25) is 0 Å². The maximum absolute atomic E-state index is 13.4. The van der Waals surface area contributed by atoms with Crippen LogP contribution in [-0.4, -0.2) is 6.50 Å². The molecule has 26 heavy (non-hydrogen) atoms. The molecular formula is C22H22F3N. The number of rotatable bonds is 6. The van der Waals surface area contributed by atoms with Crippen LogP contribution in [0.1, 0.15) is 49.7 Å². The first-order valence-electron chi connectivity index (χ1n) is 12.8. The Hall–Kier alpha value is -2.33. The number of nitrogens with one attached hydrogen (secondary N) is 1. The first-order chi connectivity index (χ1) is 16.4. The number of halogens is 3. The van der Waals surface area contributed by atoms with E-state index in [1.165, 1.54) is 12.1 Å². The summed E-state index contributed by atoms with van der Waals surface area (Å²) in [6.45, 7) is -5.72. The van der Waals surface area contributed by atoms with Gasteiger partial charge in [0.25, 0.3) is 0 Å². The van der Waals surface area contributed by atoms with Crippen LogP contribution in [0.15, 0.2) is 66.6 Å². The summed E-state index contributed by atoms with van der Waals surface area (Å²) >= 11 is 0. The van der Waals surface area contributed by atoms with Crippen molar-refractivity contribution >= 4 is 10.8 Å². The van der Waals surface area contributed by atoms with Gasteiger partial charge in [-0.2, -0.15) is 13.2 Å². The van der Waals surface area contributed by atoms with Gasteiger partial charge in [-0.1, -0.05) is 60.6 Å². The van der Waals surface area contributed by atoms with Gasteiger partial charge in [0.15, 0.2) is 0 Å². The number of fused-ring (bicyclic) bond motifs is 1. The molecule has 1 nitrogen and oxygen atoms in total. The maximum Gasteiger partial charge on any atom is 0.416 e. The molecule has 0 radical (unpaired) electrons. The standard InChI is InChI=1S/C22H22F3N/c1-16(20-13-5-10-18-9-2-3-12-21(18)20)26-14-6-8-17-7-4-11-19(15-17)22(23,24)25/h2-5,7,9-13,15-16,26H,6,8,14H2,1H3/t16-/m1/s1/i1D3,4D,7D,11D,14D2,15D,16D. The van der Waals surface area contributed by atoms with E-state index >= 15 is 0 Å². The molecule has 136 valence electrons. The highest BCUT2D eigenvalue weighted by molar-refractivity contribution is 5.86. The van der Waals surface area contributed by atoms with Crippen LogP contribution in [0.4, 0.5) is 13.2 Å². The largest absolute Gasteiger partial charge is 0.416 e. The summed E-state index contributed by atoms with van der Waals surface area (Å²) in [5.41, 5.74) is -2.32. The van der Waals surface area contributed by atoms with Crippen LogP contribution in [0.25, 0.3) is 10.8 Å². The molecule has 3 aromatic carbocycles. The Morgan fingerprint density at radius 1 is 1.19 bits per heavy atom. The molecule has 3 rings (SSSR count). The fourth-order valence-electron chi connectivity index (χ4n) is 2.50. The molecule has 1 N–H and O–H groups in total. The molecule has 0 aliphatic carbocycles. The van der Waals surface area contributed by atoms with Gasteiger partial charge >= 0.3 is 6.18 Å². The van der Waals surface area contributed by atoms with Gasteiger partial charge in [0, 0.05) is 12.9 Å². The molecule has 0 bridgehead atoms. The fourth-order valence-corrected chi connectivity index (χ4v) is 2.50. The van der Waals surface area contributed by atoms with Crippen molar-refractivity contribution in [1.82, 2.24) is 5.32 Å². The molecule has 0 aliphatic heterocycles. The number of hydrogen-bond donors (Lipinski definition) is 1. The summed E-state index contributed by atoms with van der Waals surface area (Å²) < 4.78 is 121. The van der Waals surface area contributed by atoms with E-state index in [9.17, 15) is 13.2 Å². The summed E-state index contributed by atoms with van der Waals surface area (Å²) in [7, 11) is 0. The molecule has 0 saturated carbocycles. The minimum Gasteiger partial charge on any atom is -0.310 e. The van der Waals surface area contributed by atoms with E-state index in [0.717, 1.165) is 0 Å². The minimum absolute atomic E-state index is 0.0294. The summed E-state index contributed by atoms with van der Waals surface area (Å²) in [5.74, 6) is 0. The quantitative estimate of drug-likeness (QED) is 0.552. The lowest BCUT2D eigenvalue weighted by molar-refractivity contribution is -0.137. The number of hydrogen-bond acceptors (Lipinski definition) is 1. The molecule has 0 fully saturated rings. The molecule has 0 amide bonds. The number of alkyl halides is 3. The first-order valence-corrected chi connectivity index (χ1v) is 7.85. The monoisotopic (exact) mass is 367 g/mol. The normalized spacial score (nSPS) is 20.9. The topological polar surface area (TPSA) is 12.0 Å². The Balaban J connectivity index is 2.01.